The molecular formula is C22H28N2O5S. The molecule has 1 N–H and O–H groups in total. The molecule has 1 amide bonds. The molecule has 0 saturated carbocycles. The van der Waals surface area contributed by atoms with E-state index >= 15 is 0 Å². The molecule has 8 heteroatoms. The second kappa shape index (κ2) is 9.75. The largest absolute Gasteiger partial charge is 0.462 e. The molecule has 2 rings (SSSR count). The fraction of sp³-hybridized carbons (Fsp3) is 0.364. The lowest BCUT2D eigenvalue weighted by atomic mass is 10.1. The van der Waals surface area contributed by atoms with Crippen molar-refractivity contribution in [2.75, 3.05) is 22.5 Å². The highest BCUT2D eigenvalue weighted by molar-refractivity contribution is 7.92. The Labute approximate surface area is 178 Å². The summed E-state index contributed by atoms with van der Waals surface area (Å²) in [6.45, 7) is 7.27. The van der Waals surface area contributed by atoms with Gasteiger partial charge in [0.05, 0.1) is 24.1 Å². The summed E-state index contributed by atoms with van der Waals surface area (Å²) in [7, 11) is -3.72. The van der Waals surface area contributed by atoms with E-state index in [1.54, 1.807) is 57.2 Å². The lowest BCUT2D eigenvalue weighted by Gasteiger charge is -2.30. The van der Waals surface area contributed by atoms with E-state index in [1.807, 2.05) is 13.0 Å². The highest BCUT2D eigenvalue weighted by atomic mass is 32.2. The molecule has 0 aliphatic heterocycles. The molecule has 0 fully saturated rings. The molecule has 162 valence electrons. The quantitative estimate of drug-likeness (QED) is 0.643. The summed E-state index contributed by atoms with van der Waals surface area (Å²) in [6, 6.07) is 11.0. The van der Waals surface area contributed by atoms with Crippen LogP contribution in [0.25, 0.3) is 0 Å². The summed E-state index contributed by atoms with van der Waals surface area (Å²) in [5.74, 6) is -0.954. The Kier molecular flexibility index (Phi) is 7.61. The van der Waals surface area contributed by atoms with Gasteiger partial charge >= 0.3 is 5.97 Å². The minimum absolute atomic E-state index is 0.243. The van der Waals surface area contributed by atoms with Crippen LogP contribution in [0.5, 0.6) is 0 Å². The molecule has 0 radical (unpaired) electrons. The van der Waals surface area contributed by atoms with Crippen LogP contribution in [-0.4, -0.2) is 39.2 Å². The second-order valence-corrected chi connectivity index (χ2v) is 8.87. The smallest absolute Gasteiger partial charge is 0.338 e. The molecule has 0 aliphatic carbocycles. The third-order valence-electron chi connectivity index (χ3n) is 4.67. The average molecular weight is 433 g/mol. The summed E-state index contributed by atoms with van der Waals surface area (Å²) in [4.78, 5) is 25.2. The number of nitrogens with one attached hydrogen (secondary N) is 1. The van der Waals surface area contributed by atoms with Crippen molar-refractivity contribution in [3.05, 3.63) is 59.2 Å². The average Bonchev–Trinajstić information content (AvgIpc) is 2.66. The number of nitrogens with zero attached hydrogens (tertiary/aromatic N) is 1. The highest BCUT2D eigenvalue weighted by Crippen LogP contribution is 2.25. The maximum atomic E-state index is 13.1. The van der Waals surface area contributed by atoms with Crippen LogP contribution in [0.1, 0.15) is 41.8 Å². The van der Waals surface area contributed by atoms with Crippen molar-refractivity contribution in [2.45, 2.75) is 40.2 Å². The number of hydrogen-bond donors (Lipinski definition) is 1. The van der Waals surface area contributed by atoms with Crippen molar-refractivity contribution in [3.8, 4) is 0 Å². The Bertz CT molecular complexity index is 1030. The van der Waals surface area contributed by atoms with Gasteiger partial charge in [0, 0.05) is 5.69 Å². The molecule has 1 atom stereocenters. The maximum absolute atomic E-state index is 13.1. The van der Waals surface area contributed by atoms with Gasteiger partial charge in [-0.1, -0.05) is 25.1 Å². The number of esters is 1. The fourth-order valence-electron chi connectivity index (χ4n) is 3.24. The Morgan fingerprint density at radius 1 is 1.10 bits per heavy atom. The Morgan fingerprint density at radius 2 is 1.77 bits per heavy atom. The summed E-state index contributed by atoms with van der Waals surface area (Å²) >= 11 is 0. The van der Waals surface area contributed by atoms with Crippen molar-refractivity contribution in [3.63, 3.8) is 0 Å². The van der Waals surface area contributed by atoms with E-state index in [4.69, 9.17) is 4.74 Å². The van der Waals surface area contributed by atoms with E-state index in [2.05, 4.69) is 5.32 Å². The minimum atomic E-state index is -3.72. The van der Waals surface area contributed by atoms with Gasteiger partial charge in [-0.2, -0.15) is 0 Å². The summed E-state index contributed by atoms with van der Waals surface area (Å²) in [5.41, 5.74) is 2.65. The normalized spacial score (nSPS) is 12.2. The van der Waals surface area contributed by atoms with Crippen LogP contribution >= 0.6 is 0 Å². The molecule has 0 bridgehead atoms. The monoisotopic (exact) mass is 432 g/mol. The third-order valence-corrected chi connectivity index (χ3v) is 5.85. The van der Waals surface area contributed by atoms with E-state index in [9.17, 15) is 18.0 Å². The zero-order valence-corrected chi connectivity index (χ0v) is 18.7. The van der Waals surface area contributed by atoms with E-state index in [0.29, 0.717) is 22.5 Å². The zero-order chi connectivity index (χ0) is 22.5. The predicted octanol–water partition coefficient (Wildman–Crippen LogP) is 3.66. The number of carbonyl (C=O) groups is 2. The fourth-order valence-corrected chi connectivity index (χ4v) is 4.45. The Balaban J connectivity index is 2.40. The van der Waals surface area contributed by atoms with Gasteiger partial charge in [-0.3, -0.25) is 9.10 Å². The molecule has 0 heterocycles. The number of aryl methyl sites for hydroxylation is 1. The molecular weight excluding hydrogens is 404 g/mol. The number of sulfonamides is 1. The van der Waals surface area contributed by atoms with Gasteiger partial charge in [0.15, 0.2) is 0 Å². The molecule has 0 aromatic heterocycles. The number of ether oxygens (including phenoxy) is 1. The molecule has 30 heavy (non-hydrogen) atoms. The lowest BCUT2D eigenvalue weighted by molar-refractivity contribution is -0.117. The number of rotatable bonds is 8. The maximum Gasteiger partial charge on any atom is 0.338 e. The van der Waals surface area contributed by atoms with E-state index in [1.165, 1.54) is 0 Å². The van der Waals surface area contributed by atoms with Crippen LogP contribution < -0.4 is 9.62 Å². The van der Waals surface area contributed by atoms with E-state index < -0.39 is 27.9 Å². The number of amides is 1. The van der Waals surface area contributed by atoms with Crippen LogP contribution in [0.4, 0.5) is 11.4 Å². The number of carbonyl (C=O) groups excluding carboxylic acids is 2. The van der Waals surface area contributed by atoms with Gasteiger partial charge < -0.3 is 10.1 Å². The Morgan fingerprint density at radius 3 is 2.33 bits per heavy atom. The first-order valence-corrected chi connectivity index (χ1v) is 11.6. The SMILES string of the molecule is CCOC(=O)c1cccc(NC(=O)[C@H](CC)N(c2cccc(C)c2)S(C)(=O)=O)c1C. The summed E-state index contributed by atoms with van der Waals surface area (Å²) in [6.07, 6.45) is 1.35. The second-order valence-electron chi connectivity index (χ2n) is 7.01. The van der Waals surface area contributed by atoms with Gasteiger partial charge in [0.1, 0.15) is 6.04 Å². The van der Waals surface area contributed by atoms with Crippen molar-refractivity contribution in [1.29, 1.82) is 0 Å². The first kappa shape index (κ1) is 23.4. The van der Waals surface area contributed by atoms with E-state index in [-0.39, 0.29) is 13.0 Å². The van der Waals surface area contributed by atoms with Gasteiger partial charge in [-0.25, -0.2) is 13.2 Å². The zero-order valence-electron chi connectivity index (χ0n) is 17.9. The minimum Gasteiger partial charge on any atom is -0.462 e. The van der Waals surface area contributed by atoms with Crippen molar-refractivity contribution in [2.24, 2.45) is 0 Å². The van der Waals surface area contributed by atoms with Crippen molar-refractivity contribution in [1.82, 2.24) is 0 Å². The molecule has 7 nitrogen and oxygen atoms in total. The van der Waals surface area contributed by atoms with Crippen LogP contribution in [0.3, 0.4) is 0 Å². The topological polar surface area (TPSA) is 92.8 Å². The first-order chi connectivity index (χ1) is 14.1. The third kappa shape index (κ3) is 5.38. The van der Waals surface area contributed by atoms with Gasteiger partial charge in [0.2, 0.25) is 15.9 Å². The van der Waals surface area contributed by atoms with E-state index in [0.717, 1.165) is 16.1 Å². The summed E-state index contributed by atoms with van der Waals surface area (Å²) < 4.78 is 31.3. The number of benzene rings is 2. The molecule has 0 saturated heterocycles. The highest BCUT2D eigenvalue weighted by Gasteiger charge is 2.32. The number of hydrogen-bond acceptors (Lipinski definition) is 5. The molecule has 0 spiro atoms. The Hall–Kier alpha value is -2.87. The standard InChI is InChI=1S/C22H28N2O5S/c1-6-20(24(30(5,27)28)17-11-8-10-15(3)14-17)21(25)23-19-13-9-12-18(16(19)4)22(26)29-7-2/h8-14,20H,6-7H2,1-5H3,(H,23,25)/t20-/m0/s1. The van der Waals surface area contributed by atoms with Gasteiger partial charge in [0.25, 0.3) is 0 Å². The molecule has 2 aromatic carbocycles. The predicted molar refractivity (Wildman–Crippen MR) is 118 cm³/mol. The molecule has 0 aliphatic rings. The number of anilines is 2. The van der Waals surface area contributed by atoms with Crippen molar-refractivity contribution >= 4 is 33.3 Å². The van der Waals surface area contributed by atoms with Gasteiger partial charge in [-0.15, -0.1) is 0 Å². The van der Waals surface area contributed by atoms with Crippen LogP contribution in [0.2, 0.25) is 0 Å². The van der Waals surface area contributed by atoms with Crippen molar-refractivity contribution < 1.29 is 22.7 Å². The van der Waals surface area contributed by atoms with Crippen LogP contribution in [0, 0.1) is 13.8 Å². The lowest BCUT2D eigenvalue weighted by Crippen LogP contribution is -2.47. The van der Waals surface area contributed by atoms with Crippen LogP contribution in [-0.2, 0) is 19.6 Å². The molecule has 2 aromatic rings. The van der Waals surface area contributed by atoms with Gasteiger partial charge in [-0.05, 0) is 62.6 Å². The van der Waals surface area contributed by atoms with Crippen LogP contribution in [0.15, 0.2) is 42.5 Å². The summed E-state index contributed by atoms with van der Waals surface area (Å²) in [5, 5.41) is 2.78. The molecule has 0 unspecified atom stereocenters. The first-order valence-electron chi connectivity index (χ1n) is 9.73.